The number of carbonyl (C=O) groups is 2. The zero-order chi connectivity index (χ0) is 11.7. The van der Waals surface area contributed by atoms with Crippen LogP contribution in [0.5, 0.6) is 0 Å². The van der Waals surface area contributed by atoms with Gasteiger partial charge in [0.15, 0.2) is 0 Å². The summed E-state index contributed by atoms with van der Waals surface area (Å²) in [6.07, 6.45) is 1.56. The number of amides is 1. The van der Waals surface area contributed by atoms with Crippen LogP contribution in [0, 0.1) is 0 Å². The van der Waals surface area contributed by atoms with Crippen molar-refractivity contribution in [3.63, 3.8) is 0 Å². The maximum atomic E-state index is 11.7. The Morgan fingerprint density at radius 1 is 1.69 bits per heavy atom. The highest BCUT2D eigenvalue weighted by Crippen LogP contribution is 2.34. The molecular formula is C10H10N2O3S. The lowest BCUT2D eigenvalue weighted by Crippen LogP contribution is -2.46. The quantitative estimate of drug-likeness (QED) is 0.832. The average Bonchev–Trinajstić information content (AvgIpc) is 2.28. The van der Waals surface area contributed by atoms with Crippen molar-refractivity contribution in [1.29, 1.82) is 0 Å². The number of hydrogen-bond donors (Lipinski definition) is 1. The number of thioether (sulfide) groups is 1. The molecule has 1 amide bonds. The number of carboxylic acids is 1. The molecule has 16 heavy (non-hydrogen) atoms. The van der Waals surface area contributed by atoms with E-state index in [-0.39, 0.29) is 11.7 Å². The standard InChI is InChI=1S/C10H10N2O3S/c1-6(10(14)15)12-8(13)5-16-7-3-2-4-11-9(7)12/h2-4,6H,5H2,1H3,(H,14,15)/t6-/m0/s1. The molecule has 6 heteroatoms. The van der Waals surface area contributed by atoms with Gasteiger partial charge in [-0.05, 0) is 19.1 Å². The second-order valence-electron chi connectivity index (χ2n) is 3.39. The summed E-state index contributed by atoms with van der Waals surface area (Å²) in [5.41, 5.74) is 0. The summed E-state index contributed by atoms with van der Waals surface area (Å²) in [6, 6.07) is 2.72. The van der Waals surface area contributed by atoms with Gasteiger partial charge in [0.1, 0.15) is 11.9 Å². The van der Waals surface area contributed by atoms with Gasteiger partial charge in [-0.25, -0.2) is 9.78 Å². The fourth-order valence-electron chi connectivity index (χ4n) is 1.51. The van der Waals surface area contributed by atoms with E-state index < -0.39 is 12.0 Å². The normalized spacial score (nSPS) is 16.8. The van der Waals surface area contributed by atoms with E-state index >= 15 is 0 Å². The Kier molecular flexibility index (Phi) is 2.82. The molecule has 84 valence electrons. The highest BCUT2D eigenvalue weighted by atomic mass is 32.2. The predicted molar refractivity (Wildman–Crippen MR) is 59.5 cm³/mol. The summed E-state index contributed by atoms with van der Waals surface area (Å²) in [5, 5.41) is 8.95. The summed E-state index contributed by atoms with van der Waals surface area (Å²) < 4.78 is 0. The fraction of sp³-hybridized carbons (Fsp3) is 0.300. The van der Waals surface area contributed by atoms with Gasteiger partial charge in [-0.15, -0.1) is 11.8 Å². The number of rotatable bonds is 2. The van der Waals surface area contributed by atoms with Crippen LogP contribution in [0.3, 0.4) is 0 Å². The second kappa shape index (κ2) is 4.13. The van der Waals surface area contributed by atoms with Crippen LogP contribution in [0.4, 0.5) is 5.82 Å². The van der Waals surface area contributed by atoms with Gasteiger partial charge in [0.25, 0.3) is 0 Å². The highest BCUT2D eigenvalue weighted by Gasteiger charge is 2.32. The maximum Gasteiger partial charge on any atom is 0.326 e. The van der Waals surface area contributed by atoms with Crippen LogP contribution < -0.4 is 4.90 Å². The van der Waals surface area contributed by atoms with Crippen molar-refractivity contribution in [2.75, 3.05) is 10.7 Å². The molecule has 5 nitrogen and oxygen atoms in total. The van der Waals surface area contributed by atoms with E-state index in [0.717, 1.165) is 4.90 Å². The van der Waals surface area contributed by atoms with Crippen molar-refractivity contribution in [2.24, 2.45) is 0 Å². The average molecular weight is 238 g/mol. The number of carboxylic acid groups (broad SMARTS) is 1. The van der Waals surface area contributed by atoms with Gasteiger partial charge in [0, 0.05) is 6.20 Å². The van der Waals surface area contributed by atoms with Crippen molar-refractivity contribution in [1.82, 2.24) is 4.98 Å². The molecule has 0 radical (unpaired) electrons. The Morgan fingerprint density at radius 3 is 3.12 bits per heavy atom. The minimum atomic E-state index is -1.03. The molecule has 2 heterocycles. The molecule has 0 aliphatic carbocycles. The van der Waals surface area contributed by atoms with Crippen LogP contribution in [0.15, 0.2) is 23.2 Å². The molecule has 1 N–H and O–H groups in total. The van der Waals surface area contributed by atoms with Crippen LogP contribution in [0.25, 0.3) is 0 Å². The molecule has 0 spiro atoms. The largest absolute Gasteiger partial charge is 0.480 e. The number of hydrogen-bond acceptors (Lipinski definition) is 4. The first-order valence-corrected chi connectivity index (χ1v) is 5.72. The Hall–Kier alpha value is -1.56. The number of fused-ring (bicyclic) bond motifs is 1. The van der Waals surface area contributed by atoms with Gasteiger partial charge in [-0.2, -0.15) is 0 Å². The van der Waals surface area contributed by atoms with Crippen molar-refractivity contribution in [2.45, 2.75) is 17.9 Å². The summed E-state index contributed by atoms with van der Waals surface area (Å²) in [7, 11) is 0. The molecule has 0 saturated carbocycles. The highest BCUT2D eigenvalue weighted by molar-refractivity contribution is 8.00. The summed E-state index contributed by atoms with van der Waals surface area (Å²) >= 11 is 1.38. The lowest BCUT2D eigenvalue weighted by Gasteiger charge is -2.30. The molecule has 1 aliphatic rings. The van der Waals surface area contributed by atoms with Crippen LogP contribution in [-0.2, 0) is 9.59 Å². The van der Waals surface area contributed by atoms with Crippen molar-refractivity contribution >= 4 is 29.5 Å². The molecule has 1 aromatic rings. The molecule has 0 unspecified atom stereocenters. The number of anilines is 1. The van der Waals surface area contributed by atoms with Gasteiger partial charge in [0.2, 0.25) is 5.91 Å². The third kappa shape index (κ3) is 1.76. The number of pyridine rings is 1. The van der Waals surface area contributed by atoms with E-state index in [2.05, 4.69) is 4.98 Å². The van der Waals surface area contributed by atoms with Gasteiger partial charge in [-0.1, -0.05) is 0 Å². The topological polar surface area (TPSA) is 70.5 Å². The first-order chi connectivity index (χ1) is 7.61. The van der Waals surface area contributed by atoms with E-state index in [4.69, 9.17) is 5.11 Å². The van der Waals surface area contributed by atoms with Gasteiger partial charge >= 0.3 is 5.97 Å². The Balaban J connectivity index is 2.44. The third-order valence-electron chi connectivity index (χ3n) is 2.34. The summed E-state index contributed by atoms with van der Waals surface area (Å²) in [5.74, 6) is -0.544. The summed E-state index contributed by atoms with van der Waals surface area (Å²) in [6.45, 7) is 1.48. The predicted octanol–water partition coefficient (Wildman–Crippen LogP) is 0.993. The molecule has 1 aliphatic heterocycles. The van der Waals surface area contributed by atoms with Crippen LogP contribution >= 0.6 is 11.8 Å². The Morgan fingerprint density at radius 2 is 2.44 bits per heavy atom. The lowest BCUT2D eigenvalue weighted by atomic mass is 10.2. The molecule has 0 aromatic carbocycles. The maximum absolute atomic E-state index is 11.7. The van der Waals surface area contributed by atoms with Gasteiger partial charge in [-0.3, -0.25) is 9.69 Å². The molecule has 0 saturated heterocycles. The van der Waals surface area contributed by atoms with E-state index in [1.165, 1.54) is 23.6 Å². The van der Waals surface area contributed by atoms with E-state index in [1.807, 2.05) is 6.07 Å². The fourth-order valence-corrected chi connectivity index (χ4v) is 2.39. The molecular weight excluding hydrogens is 228 g/mol. The lowest BCUT2D eigenvalue weighted by molar-refractivity contribution is -0.139. The summed E-state index contributed by atoms with van der Waals surface area (Å²) in [4.78, 5) is 28.8. The SMILES string of the molecule is C[C@@H](C(=O)O)N1C(=O)CSc2cccnc21. The van der Waals surface area contributed by atoms with Crippen LogP contribution in [-0.4, -0.2) is 33.8 Å². The second-order valence-corrected chi connectivity index (χ2v) is 4.41. The first kappa shape index (κ1) is 10.9. The van der Waals surface area contributed by atoms with Crippen molar-refractivity contribution in [3.8, 4) is 0 Å². The molecule has 2 rings (SSSR count). The van der Waals surface area contributed by atoms with Gasteiger partial charge in [0.05, 0.1) is 10.6 Å². The monoisotopic (exact) mass is 238 g/mol. The smallest absolute Gasteiger partial charge is 0.326 e. The zero-order valence-corrected chi connectivity index (χ0v) is 9.40. The van der Waals surface area contributed by atoms with E-state index in [1.54, 1.807) is 12.3 Å². The molecule has 1 aromatic heterocycles. The minimum Gasteiger partial charge on any atom is -0.480 e. The number of aromatic nitrogens is 1. The number of aliphatic carboxylic acids is 1. The number of nitrogens with zero attached hydrogens (tertiary/aromatic N) is 2. The minimum absolute atomic E-state index is 0.217. The molecule has 0 bridgehead atoms. The van der Waals surface area contributed by atoms with E-state index in [0.29, 0.717) is 5.82 Å². The molecule has 0 fully saturated rings. The van der Waals surface area contributed by atoms with Gasteiger partial charge < -0.3 is 5.11 Å². The third-order valence-corrected chi connectivity index (χ3v) is 3.36. The number of carbonyl (C=O) groups excluding carboxylic acids is 1. The Bertz CT molecular complexity index is 449. The van der Waals surface area contributed by atoms with Crippen molar-refractivity contribution < 1.29 is 14.7 Å². The first-order valence-electron chi connectivity index (χ1n) is 4.74. The zero-order valence-electron chi connectivity index (χ0n) is 8.58. The van der Waals surface area contributed by atoms with Crippen LogP contribution in [0.2, 0.25) is 0 Å². The van der Waals surface area contributed by atoms with Crippen LogP contribution in [0.1, 0.15) is 6.92 Å². The van der Waals surface area contributed by atoms with Crippen molar-refractivity contribution in [3.05, 3.63) is 18.3 Å². The molecule has 1 atom stereocenters. The van der Waals surface area contributed by atoms with E-state index in [9.17, 15) is 9.59 Å². The Labute approximate surface area is 96.5 Å².